The molecule has 4 heterocycles. The average molecular weight is 408 g/mol. The Morgan fingerprint density at radius 2 is 2.03 bits per heavy atom. The van der Waals surface area contributed by atoms with Crippen LogP contribution in [0.15, 0.2) is 31.4 Å². The third-order valence-electron chi connectivity index (χ3n) is 5.54. The van der Waals surface area contributed by atoms with Gasteiger partial charge in [0.1, 0.15) is 17.8 Å². The van der Waals surface area contributed by atoms with Crippen LogP contribution in [0, 0.1) is 6.92 Å². The van der Waals surface area contributed by atoms with Gasteiger partial charge in [-0.3, -0.25) is 9.78 Å². The number of aromatic amines is 1. The summed E-state index contributed by atoms with van der Waals surface area (Å²) in [5.41, 5.74) is 6.06. The van der Waals surface area contributed by atoms with Crippen molar-refractivity contribution in [2.45, 2.75) is 45.8 Å². The molecule has 1 saturated heterocycles. The van der Waals surface area contributed by atoms with Crippen LogP contribution >= 0.6 is 0 Å². The molecule has 3 aromatic rings. The first kappa shape index (κ1) is 20.3. The lowest BCUT2D eigenvalue weighted by Gasteiger charge is -2.36. The van der Waals surface area contributed by atoms with Crippen molar-refractivity contribution < 1.29 is 4.74 Å². The quantitative estimate of drug-likeness (QED) is 0.676. The average Bonchev–Trinajstić information content (AvgIpc) is 3.31. The van der Waals surface area contributed by atoms with Gasteiger partial charge in [0.2, 0.25) is 0 Å². The lowest BCUT2D eigenvalue weighted by molar-refractivity contribution is -0.00546. The maximum atomic E-state index is 5.84. The molecule has 158 valence electrons. The summed E-state index contributed by atoms with van der Waals surface area (Å²) in [4.78, 5) is 11.2. The third-order valence-corrected chi connectivity index (χ3v) is 5.54. The fourth-order valence-corrected chi connectivity index (χ4v) is 3.97. The standard InChI is InChI=1S/C22H29N7O/c1-14(18-9-25-28(5)12-18)6-7-19-17(4)22(27-26-19)20-8-21(24-13-23-20)29-10-15(2)30-16(3)11-29/h8-9,12-13,15-16H,1,6-7,10-11H2,2-5H3,(H,26,27). The summed E-state index contributed by atoms with van der Waals surface area (Å²) < 4.78 is 7.63. The van der Waals surface area contributed by atoms with E-state index in [1.54, 1.807) is 11.0 Å². The van der Waals surface area contributed by atoms with E-state index in [-0.39, 0.29) is 12.2 Å². The van der Waals surface area contributed by atoms with E-state index >= 15 is 0 Å². The molecule has 8 nitrogen and oxygen atoms in total. The number of aromatic nitrogens is 6. The molecule has 1 fully saturated rings. The number of morpholine rings is 1. The lowest BCUT2D eigenvalue weighted by Crippen LogP contribution is -2.45. The van der Waals surface area contributed by atoms with Gasteiger partial charge in [-0.2, -0.15) is 10.2 Å². The molecule has 0 bridgehead atoms. The fraction of sp³-hybridized carbons (Fsp3) is 0.455. The lowest BCUT2D eigenvalue weighted by atomic mass is 10.0. The summed E-state index contributed by atoms with van der Waals surface area (Å²) in [5.74, 6) is 0.913. The molecular formula is C22H29N7O. The molecule has 2 unspecified atom stereocenters. The Balaban J connectivity index is 1.49. The number of anilines is 1. The van der Waals surface area contributed by atoms with E-state index in [2.05, 4.69) is 57.5 Å². The van der Waals surface area contributed by atoms with Crippen molar-refractivity contribution in [1.82, 2.24) is 29.9 Å². The molecule has 3 aromatic heterocycles. The molecule has 0 spiro atoms. The SMILES string of the molecule is C=C(CCc1[nH]nc(-c2cc(N3CC(C)OC(C)C3)ncn2)c1C)c1cnn(C)c1. The number of hydrogen-bond donors (Lipinski definition) is 1. The van der Waals surface area contributed by atoms with E-state index in [4.69, 9.17) is 4.74 Å². The van der Waals surface area contributed by atoms with Gasteiger partial charge in [0.05, 0.1) is 24.1 Å². The number of rotatable bonds is 6. The maximum Gasteiger partial charge on any atom is 0.132 e. The smallest absolute Gasteiger partial charge is 0.132 e. The van der Waals surface area contributed by atoms with Gasteiger partial charge in [-0.1, -0.05) is 6.58 Å². The highest BCUT2D eigenvalue weighted by molar-refractivity contribution is 5.64. The van der Waals surface area contributed by atoms with Crippen molar-refractivity contribution in [1.29, 1.82) is 0 Å². The Morgan fingerprint density at radius 3 is 2.73 bits per heavy atom. The van der Waals surface area contributed by atoms with Gasteiger partial charge in [0, 0.05) is 43.7 Å². The monoisotopic (exact) mass is 407 g/mol. The van der Waals surface area contributed by atoms with Crippen LogP contribution in [-0.4, -0.2) is 55.2 Å². The van der Waals surface area contributed by atoms with Crippen LogP contribution in [0.1, 0.15) is 37.1 Å². The zero-order valence-electron chi connectivity index (χ0n) is 18.1. The molecule has 0 radical (unpaired) electrons. The van der Waals surface area contributed by atoms with Crippen molar-refractivity contribution in [3.8, 4) is 11.4 Å². The highest BCUT2D eigenvalue weighted by atomic mass is 16.5. The summed E-state index contributed by atoms with van der Waals surface area (Å²) in [6, 6.07) is 2.02. The predicted octanol–water partition coefficient (Wildman–Crippen LogP) is 3.17. The summed E-state index contributed by atoms with van der Waals surface area (Å²) >= 11 is 0. The summed E-state index contributed by atoms with van der Waals surface area (Å²) in [5, 5.41) is 12.0. The highest BCUT2D eigenvalue weighted by Crippen LogP contribution is 2.27. The van der Waals surface area contributed by atoms with Crippen LogP contribution in [0.3, 0.4) is 0 Å². The topological polar surface area (TPSA) is 84.8 Å². The van der Waals surface area contributed by atoms with Gasteiger partial charge in [-0.25, -0.2) is 9.97 Å². The second kappa shape index (κ2) is 8.39. The highest BCUT2D eigenvalue weighted by Gasteiger charge is 2.24. The van der Waals surface area contributed by atoms with Crippen molar-refractivity contribution in [3.05, 3.63) is 48.2 Å². The van der Waals surface area contributed by atoms with Gasteiger partial charge in [-0.15, -0.1) is 0 Å². The van der Waals surface area contributed by atoms with E-state index in [0.717, 1.165) is 65.5 Å². The fourth-order valence-electron chi connectivity index (χ4n) is 3.97. The minimum Gasteiger partial charge on any atom is -0.372 e. The molecule has 0 aromatic carbocycles. The first-order valence-electron chi connectivity index (χ1n) is 10.3. The first-order chi connectivity index (χ1) is 14.4. The minimum atomic E-state index is 0.179. The molecule has 1 N–H and O–H groups in total. The third kappa shape index (κ3) is 4.28. The number of allylic oxidation sites excluding steroid dienone is 1. The zero-order chi connectivity index (χ0) is 21.3. The Hall–Kier alpha value is -3.00. The van der Waals surface area contributed by atoms with Gasteiger partial charge in [0.25, 0.3) is 0 Å². The van der Waals surface area contributed by atoms with Crippen LogP contribution < -0.4 is 4.90 Å². The molecular weight excluding hydrogens is 378 g/mol. The van der Waals surface area contributed by atoms with Crippen LogP contribution in [0.25, 0.3) is 17.0 Å². The van der Waals surface area contributed by atoms with Crippen molar-refractivity contribution >= 4 is 11.4 Å². The number of hydrogen-bond acceptors (Lipinski definition) is 6. The van der Waals surface area contributed by atoms with E-state index in [1.807, 2.05) is 25.5 Å². The number of aryl methyl sites for hydroxylation is 2. The maximum absolute atomic E-state index is 5.84. The molecule has 1 aliphatic heterocycles. The number of H-pyrrole nitrogens is 1. The summed E-state index contributed by atoms with van der Waals surface area (Å²) in [6.07, 6.45) is 7.49. The van der Waals surface area contributed by atoms with Gasteiger partial charge in [0.15, 0.2) is 0 Å². The number of nitrogens with one attached hydrogen (secondary N) is 1. The van der Waals surface area contributed by atoms with Gasteiger partial charge >= 0.3 is 0 Å². The molecule has 30 heavy (non-hydrogen) atoms. The molecule has 8 heteroatoms. The number of nitrogens with zero attached hydrogens (tertiary/aromatic N) is 6. The number of ether oxygens (including phenoxy) is 1. The second-order valence-corrected chi connectivity index (χ2v) is 8.11. The van der Waals surface area contributed by atoms with Crippen molar-refractivity contribution in [2.75, 3.05) is 18.0 Å². The van der Waals surface area contributed by atoms with Crippen molar-refractivity contribution in [2.24, 2.45) is 7.05 Å². The molecule has 2 atom stereocenters. The zero-order valence-corrected chi connectivity index (χ0v) is 18.1. The van der Waals surface area contributed by atoms with E-state index in [9.17, 15) is 0 Å². The minimum absolute atomic E-state index is 0.179. The largest absolute Gasteiger partial charge is 0.372 e. The Labute approximate surface area is 177 Å². The predicted molar refractivity (Wildman–Crippen MR) is 117 cm³/mol. The van der Waals surface area contributed by atoms with Crippen LogP contribution in [0.4, 0.5) is 5.82 Å². The Morgan fingerprint density at radius 1 is 1.27 bits per heavy atom. The molecule has 0 amide bonds. The summed E-state index contributed by atoms with van der Waals surface area (Å²) in [6.45, 7) is 12.1. The molecule has 1 aliphatic rings. The normalized spacial score (nSPS) is 19.3. The van der Waals surface area contributed by atoms with Crippen molar-refractivity contribution in [3.63, 3.8) is 0 Å². The Kier molecular flexibility index (Phi) is 5.67. The van der Waals surface area contributed by atoms with E-state index < -0.39 is 0 Å². The first-order valence-corrected chi connectivity index (χ1v) is 10.3. The molecule has 4 rings (SSSR count). The summed E-state index contributed by atoms with van der Waals surface area (Å²) in [7, 11) is 1.91. The van der Waals surface area contributed by atoms with Gasteiger partial charge in [-0.05, 0) is 44.7 Å². The molecule has 0 aliphatic carbocycles. The van der Waals surface area contributed by atoms with E-state index in [0.29, 0.717) is 0 Å². The second-order valence-electron chi connectivity index (χ2n) is 8.11. The van der Waals surface area contributed by atoms with Crippen LogP contribution in [-0.2, 0) is 18.2 Å². The molecule has 0 saturated carbocycles. The van der Waals surface area contributed by atoms with Crippen LogP contribution in [0.2, 0.25) is 0 Å². The van der Waals surface area contributed by atoms with Crippen LogP contribution in [0.5, 0.6) is 0 Å². The van der Waals surface area contributed by atoms with E-state index in [1.165, 1.54) is 0 Å². The van der Waals surface area contributed by atoms with Gasteiger partial charge < -0.3 is 9.64 Å². The Bertz CT molecular complexity index is 1030.